The van der Waals surface area contributed by atoms with Crippen LogP contribution in [0.25, 0.3) is 0 Å². The Bertz CT molecular complexity index is 662. The molecule has 1 aliphatic heterocycles. The molecule has 0 N–H and O–H groups in total. The van der Waals surface area contributed by atoms with Gasteiger partial charge in [-0.1, -0.05) is 36.4 Å². The van der Waals surface area contributed by atoms with Crippen LogP contribution >= 0.6 is 0 Å². The summed E-state index contributed by atoms with van der Waals surface area (Å²) in [5.41, 5.74) is 2.00. The Hall–Kier alpha value is -2.08. The van der Waals surface area contributed by atoms with Gasteiger partial charge in [0.2, 0.25) is 0 Å². The Balaban J connectivity index is 1.77. The van der Waals surface area contributed by atoms with E-state index in [1.165, 1.54) is 24.3 Å². The van der Waals surface area contributed by atoms with Gasteiger partial charge in [0.15, 0.2) is 0 Å². The van der Waals surface area contributed by atoms with Crippen molar-refractivity contribution in [2.45, 2.75) is 6.04 Å². The molecule has 0 aliphatic carbocycles. The maximum absolute atomic E-state index is 13.3. The minimum atomic E-state index is -0.262. The van der Waals surface area contributed by atoms with E-state index in [1.54, 1.807) is 30.3 Å². The molecule has 3 rings (SSSR count). The lowest BCUT2D eigenvalue weighted by molar-refractivity contribution is 0.117. The van der Waals surface area contributed by atoms with Crippen molar-refractivity contribution in [1.29, 1.82) is 0 Å². The summed E-state index contributed by atoms with van der Waals surface area (Å²) in [7, 11) is 0. The van der Waals surface area contributed by atoms with E-state index in [-0.39, 0.29) is 24.3 Å². The molecule has 2 aromatic rings. The molecule has 0 spiro atoms. The molecular formula is C21H23F2N2O. The van der Waals surface area contributed by atoms with Gasteiger partial charge in [0.1, 0.15) is 18.2 Å². The summed E-state index contributed by atoms with van der Waals surface area (Å²) in [5, 5.41) is 10.5. The first-order valence-corrected chi connectivity index (χ1v) is 8.88. The fourth-order valence-corrected chi connectivity index (χ4v) is 3.40. The Morgan fingerprint density at radius 1 is 0.808 bits per heavy atom. The molecule has 1 heterocycles. The summed E-state index contributed by atoms with van der Waals surface area (Å²) in [4.78, 5) is 4.64. The van der Waals surface area contributed by atoms with E-state index in [4.69, 9.17) is 0 Å². The Morgan fingerprint density at radius 3 is 1.77 bits per heavy atom. The standard InChI is InChI=1S/C21H23F2N2O/c22-19-7-3-17(4-8-19)21(18-5-9-20(23)10-6-18)25-14-12-24(13-15-25)11-1-2-16-26/h1-10,21H,11-16H2/b2-1-. The average Bonchev–Trinajstić information content (AvgIpc) is 2.66. The van der Waals surface area contributed by atoms with Crippen molar-refractivity contribution in [2.75, 3.05) is 39.3 Å². The predicted molar refractivity (Wildman–Crippen MR) is 97.3 cm³/mol. The summed E-state index contributed by atoms with van der Waals surface area (Å²) in [5.74, 6) is -0.525. The van der Waals surface area contributed by atoms with Gasteiger partial charge in [0.25, 0.3) is 0 Å². The highest BCUT2D eigenvalue weighted by atomic mass is 19.1. The molecule has 0 atom stereocenters. The minimum absolute atomic E-state index is 0.0319. The number of rotatable bonds is 6. The highest BCUT2D eigenvalue weighted by Gasteiger charge is 2.26. The highest BCUT2D eigenvalue weighted by molar-refractivity contribution is 5.32. The number of hydrogen-bond donors (Lipinski definition) is 0. The summed E-state index contributed by atoms with van der Waals surface area (Å²) >= 11 is 0. The van der Waals surface area contributed by atoms with Crippen LogP contribution in [0.15, 0.2) is 60.7 Å². The van der Waals surface area contributed by atoms with Crippen molar-refractivity contribution < 1.29 is 13.9 Å². The van der Waals surface area contributed by atoms with Crippen LogP contribution in [0.1, 0.15) is 17.2 Å². The Morgan fingerprint density at radius 2 is 1.31 bits per heavy atom. The third kappa shape index (κ3) is 4.75. The van der Waals surface area contributed by atoms with Gasteiger partial charge in [-0.15, -0.1) is 0 Å². The molecule has 3 nitrogen and oxygen atoms in total. The predicted octanol–water partition coefficient (Wildman–Crippen LogP) is 3.66. The van der Waals surface area contributed by atoms with Gasteiger partial charge in [-0.3, -0.25) is 9.80 Å². The lowest BCUT2D eigenvalue weighted by atomic mass is 9.96. The Kier molecular flexibility index (Phi) is 6.50. The zero-order chi connectivity index (χ0) is 18.4. The molecule has 5 heteroatoms. The molecule has 1 aliphatic rings. The smallest absolute Gasteiger partial charge is 0.123 e. The average molecular weight is 357 g/mol. The molecule has 2 aromatic carbocycles. The van der Waals surface area contributed by atoms with Crippen molar-refractivity contribution in [3.8, 4) is 0 Å². The number of nitrogens with zero attached hydrogens (tertiary/aromatic N) is 2. The minimum Gasteiger partial charge on any atom is -0.297 e. The van der Waals surface area contributed by atoms with Crippen LogP contribution in [0, 0.1) is 11.6 Å². The molecule has 1 saturated heterocycles. The second kappa shape index (κ2) is 9.03. The zero-order valence-corrected chi connectivity index (χ0v) is 14.7. The van der Waals surface area contributed by atoms with E-state index in [0.29, 0.717) is 0 Å². The van der Waals surface area contributed by atoms with Crippen LogP contribution < -0.4 is 0 Å². The van der Waals surface area contributed by atoms with Gasteiger partial charge < -0.3 is 0 Å². The molecule has 1 fully saturated rings. The topological polar surface area (TPSA) is 26.4 Å². The molecule has 0 saturated carbocycles. The number of piperazine rings is 1. The SMILES string of the molecule is [O]C/C=C\CN1CCN(C(c2ccc(F)cc2)c2ccc(F)cc2)CC1. The van der Waals surface area contributed by atoms with Crippen LogP contribution in [-0.2, 0) is 5.11 Å². The zero-order valence-electron chi connectivity index (χ0n) is 14.7. The lowest BCUT2D eigenvalue weighted by Crippen LogP contribution is -2.47. The maximum atomic E-state index is 13.3. The summed E-state index contributed by atoms with van der Waals surface area (Å²) in [6, 6.07) is 13.0. The molecule has 0 bridgehead atoms. The molecule has 137 valence electrons. The van der Waals surface area contributed by atoms with Crippen LogP contribution in [0.3, 0.4) is 0 Å². The summed E-state index contributed by atoms with van der Waals surface area (Å²) < 4.78 is 26.7. The summed E-state index contributed by atoms with van der Waals surface area (Å²) in [6.07, 6.45) is 3.56. The first-order chi connectivity index (χ1) is 12.7. The van der Waals surface area contributed by atoms with Crippen molar-refractivity contribution in [3.63, 3.8) is 0 Å². The van der Waals surface area contributed by atoms with E-state index < -0.39 is 0 Å². The van der Waals surface area contributed by atoms with Crippen molar-refractivity contribution in [3.05, 3.63) is 83.4 Å². The van der Waals surface area contributed by atoms with Gasteiger partial charge in [-0.25, -0.2) is 13.9 Å². The number of benzene rings is 2. The van der Waals surface area contributed by atoms with E-state index in [1.807, 2.05) is 6.08 Å². The first kappa shape index (κ1) is 18.7. The van der Waals surface area contributed by atoms with Gasteiger partial charge in [-0.2, -0.15) is 0 Å². The molecule has 0 aromatic heterocycles. The van der Waals surface area contributed by atoms with E-state index >= 15 is 0 Å². The number of hydrogen-bond acceptors (Lipinski definition) is 2. The Labute approximate surface area is 153 Å². The van der Waals surface area contributed by atoms with Crippen LogP contribution in [0.2, 0.25) is 0 Å². The maximum Gasteiger partial charge on any atom is 0.123 e. The van der Waals surface area contributed by atoms with Crippen LogP contribution in [-0.4, -0.2) is 49.1 Å². The third-order valence-corrected chi connectivity index (χ3v) is 4.77. The second-order valence-corrected chi connectivity index (χ2v) is 6.48. The fourth-order valence-electron chi connectivity index (χ4n) is 3.40. The van der Waals surface area contributed by atoms with Crippen LogP contribution in [0.5, 0.6) is 0 Å². The molecule has 0 amide bonds. The van der Waals surface area contributed by atoms with Gasteiger partial charge in [0, 0.05) is 32.7 Å². The molecular weight excluding hydrogens is 334 g/mol. The van der Waals surface area contributed by atoms with Crippen molar-refractivity contribution >= 4 is 0 Å². The van der Waals surface area contributed by atoms with Gasteiger partial charge >= 0.3 is 0 Å². The largest absolute Gasteiger partial charge is 0.297 e. The first-order valence-electron chi connectivity index (χ1n) is 8.88. The second-order valence-electron chi connectivity index (χ2n) is 6.48. The highest BCUT2D eigenvalue weighted by Crippen LogP contribution is 2.30. The monoisotopic (exact) mass is 357 g/mol. The summed E-state index contributed by atoms with van der Waals surface area (Å²) in [6.45, 7) is 4.09. The van der Waals surface area contributed by atoms with Gasteiger partial charge in [0.05, 0.1) is 6.04 Å². The molecule has 0 unspecified atom stereocenters. The normalized spacial score (nSPS) is 16.6. The van der Waals surface area contributed by atoms with Crippen LogP contribution in [0.4, 0.5) is 8.78 Å². The fraction of sp³-hybridized carbons (Fsp3) is 0.333. The van der Waals surface area contributed by atoms with E-state index in [0.717, 1.165) is 43.9 Å². The molecule has 26 heavy (non-hydrogen) atoms. The van der Waals surface area contributed by atoms with E-state index in [2.05, 4.69) is 9.80 Å². The van der Waals surface area contributed by atoms with Gasteiger partial charge in [-0.05, 0) is 35.4 Å². The van der Waals surface area contributed by atoms with E-state index in [9.17, 15) is 13.9 Å². The molecule has 1 radical (unpaired) electrons. The lowest BCUT2D eigenvalue weighted by Gasteiger charge is -2.39. The van der Waals surface area contributed by atoms with Crippen molar-refractivity contribution in [2.24, 2.45) is 0 Å². The third-order valence-electron chi connectivity index (χ3n) is 4.77. The van der Waals surface area contributed by atoms with Crippen molar-refractivity contribution in [1.82, 2.24) is 9.80 Å². The number of halogens is 2. The quantitative estimate of drug-likeness (QED) is 0.738.